The van der Waals surface area contributed by atoms with Crippen LogP contribution in [-0.4, -0.2) is 55.1 Å². The van der Waals surface area contributed by atoms with E-state index in [0.29, 0.717) is 30.2 Å². The minimum atomic E-state index is -0.297. The molecule has 0 atom stereocenters. The van der Waals surface area contributed by atoms with Gasteiger partial charge in [0.05, 0.1) is 13.4 Å². The van der Waals surface area contributed by atoms with Crippen molar-refractivity contribution in [1.82, 2.24) is 10.2 Å². The number of carbonyl (C=O) groups is 2. The average Bonchev–Trinajstić information content (AvgIpc) is 3.39. The Morgan fingerprint density at radius 2 is 1.67 bits per heavy atom. The van der Waals surface area contributed by atoms with Gasteiger partial charge in [-0.2, -0.15) is 0 Å². The molecule has 0 spiro atoms. The maximum atomic E-state index is 12.4. The molecule has 0 unspecified atom stereocenters. The molecular formula is C24H24N4O4S. The van der Waals surface area contributed by atoms with E-state index in [1.165, 1.54) is 6.26 Å². The Labute approximate surface area is 197 Å². The first-order valence-corrected chi connectivity index (χ1v) is 10.9. The van der Waals surface area contributed by atoms with Crippen LogP contribution in [0.2, 0.25) is 0 Å². The minimum Gasteiger partial charge on any atom is -0.497 e. The van der Waals surface area contributed by atoms with E-state index >= 15 is 0 Å². The molecule has 1 aromatic heterocycles. The summed E-state index contributed by atoms with van der Waals surface area (Å²) in [6, 6.07) is 18.0. The van der Waals surface area contributed by atoms with Gasteiger partial charge in [-0.25, -0.2) is 0 Å². The molecule has 4 rings (SSSR count). The number of hydrogen-bond acceptors (Lipinski definition) is 6. The van der Waals surface area contributed by atoms with Gasteiger partial charge in [0.25, 0.3) is 11.8 Å². The fourth-order valence-electron chi connectivity index (χ4n) is 3.56. The highest BCUT2D eigenvalue weighted by molar-refractivity contribution is 7.80. The number of benzene rings is 2. The number of ether oxygens (including phenoxy) is 1. The third kappa shape index (κ3) is 5.50. The molecule has 2 N–H and O–H groups in total. The SMILES string of the molecule is COc1ccc(C(=O)NC(=S)Nc2ccc(N3CCN(C(=O)c4ccco4)CC3)cc2)cc1. The number of carbonyl (C=O) groups excluding carboxylic acids is 2. The van der Waals surface area contributed by atoms with Gasteiger partial charge in [0.1, 0.15) is 5.75 Å². The van der Waals surface area contributed by atoms with E-state index in [-0.39, 0.29) is 16.9 Å². The molecule has 9 heteroatoms. The van der Waals surface area contributed by atoms with Crippen LogP contribution in [-0.2, 0) is 0 Å². The number of amides is 2. The number of piperazine rings is 1. The highest BCUT2D eigenvalue weighted by atomic mass is 32.1. The first-order chi connectivity index (χ1) is 16.0. The summed E-state index contributed by atoms with van der Waals surface area (Å²) in [6.07, 6.45) is 1.51. The van der Waals surface area contributed by atoms with Gasteiger partial charge >= 0.3 is 0 Å². The lowest BCUT2D eigenvalue weighted by Gasteiger charge is -2.35. The molecule has 1 aliphatic heterocycles. The van der Waals surface area contributed by atoms with Crippen molar-refractivity contribution in [2.75, 3.05) is 43.5 Å². The summed E-state index contributed by atoms with van der Waals surface area (Å²) in [5.74, 6) is 0.671. The number of thiocarbonyl (C=S) groups is 1. The molecule has 2 aromatic carbocycles. The molecule has 170 valence electrons. The van der Waals surface area contributed by atoms with E-state index < -0.39 is 0 Å². The van der Waals surface area contributed by atoms with Crippen LogP contribution in [0.15, 0.2) is 71.3 Å². The highest BCUT2D eigenvalue weighted by Gasteiger charge is 2.23. The molecule has 8 nitrogen and oxygen atoms in total. The van der Waals surface area contributed by atoms with Crippen molar-refractivity contribution in [1.29, 1.82) is 0 Å². The summed E-state index contributed by atoms with van der Waals surface area (Å²) in [5, 5.41) is 5.91. The number of furan rings is 1. The third-order valence-corrected chi connectivity index (χ3v) is 5.57. The van der Waals surface area contributed by atoms with Crippen molar-refractivity contribution in [3.63, 3.8) is 0 Å². The summed E-state index contributed by atoms with van der Waals surface area (Å²) < 4.78 is 10.3. The standard InChI is InChI=1S/C24H24N4O4S/c1-31-20-10-4-17(5-11-20)22(29)26-24(33)25-18-6-8-19(9-7-18)27-12-14-28(15-13-27)23(30)21-3-2-16-32-21/h2-11,16H,12-15H2,1H3,(H2,25,26,29,33). The van der Waals surface area contributed by atoms with Crippen molar-refractivity contribution in [2.45, 2.75) is 0 Å². The van der Waals surface area contributed by atoms with E-state index in [4.69, 9.17) is 21.4 Å². The van der Waals surface area contributed by atoms with Crippen molar-refractivity contribution in [3.8, 4) is 5.75 Å². The number of methoxy groups -OCH3 is 1. The molecule has 0 aliphatic carbocycles. The molecule has 2 heterocycles. The first-order valence-electron chi connectivity index (χ1n) is 10.5. The van der Waals surface area contributed by atoms with Crippen LogP contribution < -0.4 is 20.3 Å². The van der Waals surface area contributed by atoms with Crippen LogP contribution in [0.1, 0.15) is 20.9 Å². The lowest BCUT2D eigenvalue weighted by molar-refractivity contribution is 0.0714. The second-order valence-electron chi connectivity index (χ2n) is 7.44. The van der Waals surface area contributed by atoms with Gasteiger partial charge in [0, 0.05) is 43.1 Å². The maximum absolute atomic E-state index is 12.4. The molecule has 33 heavy (non-hydrogen) atoms. The number of hydrogen-bond donors (Lipinski definition) is 2. The lowest BCUT2D eigenvalue weighted by Crippen LogP contribution is -2.48. The Hall–Kier alpha value is -3.85. The van der Waals surface area contributed by atoms with Gasteiger partial charge in [-0.05, 0) is 72.9 Å². The van der Waals surface area contributed by atoms with Gasteiger partial charge < -0.3 is 24.3 Å². The molecule has 0 radical (unpaired) electrons. The van der Waals surface area contributed by atoms with E-state index in [1.54, 1.807) is 48.4 Å². The van der Waals surface area contributed by atoms with E-state index in [2.05, 4.69) is 15.5 Å². The zero-order valence-corrected chi connectivity index (χ0v) is 18.9. The lowest BCUT2D eigenvalue weighted by atomic mass is 10.2. The molecule has 0 bridgehead atoms. The fourth-order valence-corrected chi connectivity index (χ4v) is 3.77. The molecule has 1 saturated heterocycles. The van der Waals surface area contributed by atoms with Crippen LogP contribution >= 0.6 is 12.2 Å². The van der Waals surface area contributed by atoms with Crippen molar-refractivity contribution in [3.05, 3.63) is 78.3 Å². The smallest absolute Gasteiger partial charge is 0.289 e. The Balaban J connectivity index is 1.27. The van der Waals surface area contributed by atoms with E-state index in [0.717, 1.165) is 24.5 Å². The second-order valence-corrected chi connectivity index (χ2v) is 7.85. The minimum absolute atomic E-state index is 0.0793. The van der Waals surface area contributed by atoms with Crippen molar-refractivity contribution < 1.29 is 18.7 Å². The van der Waals surface area contributed by atoms with Crippen LogP contribution in [0, 0.1) is 0 Å². The molecule has 3 aromatic rings. The predicted molar refractivity (Wildman–Crippen MR) is 130 cm³/mol. The first kappa shape index (κ1) is 22.3. The maximum Gasteiger partial charge on any atom is 0.289 e. The normalized spacial score (nSPS) is 13.4. The van der Waals surface area contributed by atoms with Gasteiger partial charge in [0.15, 0.2) is 10.9 Å². The van der Waals surface area contributed by atoms with Gasteiger partial charge in [-0.1, -0.05) is 0 Å². The molecular weight excluding hydrogens is 440 g/mol. The van der Waals surface area contributed by atoms with Crippen molar-refractivity contribution >= 4 is 40.5 Å². The summed E-state index contributed by atoms with van der Waals surface area (Å²) >= 11 is 5.27. The monoisotopic (exact) mass is 464 g/mol. The molecule has 2 amide bonds. The molecule has 1 fully saturated rings. The molecule has 1 aliphatic rings. The van der Waals surface area contributed by atoms with E-state index in [9.17, 15) is 9.59 Å². The number of rotatable bonds is 5. The Bertz CT molecular complexity index is 1110. The van der Waals surface area contributed by atoms with Crippen molar-refractivity contribution in [2.24, 2.45) is 0 Å². The topological polar surface area (TPSA) is 87.0 Å². The second kappa shape index (κ2) is 10.2. The zero-order chi connectivity index (χ0) is 23.2. The zero-order valence-electron chi connectivity index (χ0n) is 18.1. The quantitative estimate of drug-likeness (QED) is 0.560. The van der Waals surface area contributed by atoms with Crippen LogP contribution in [0.25, 0.3) is 0 Å². The number of anilines is 2. The predicted octanol–water partition coefficient (Wildman–Crippen LogP) is 3.38. The Morgan fingerprint density at radius 1 is 0.970 bits per heavy atom. The van der Waals surface area contributed by atoms with Crippen LogP contribution in [0.3, 0.4) is 0 Å². The third-order valence-electron chi connectivity index (χ3n) is 5.37. The highest BCUT2D eigenvalue weighted by Crippen LogP contribution is 2.20. The number of nitrogens with one attached hydrogen (secondary N) is 2. The van der Waals surface area contributed by atoms with Gasteiger partial charge in [-0.15, -0.1) is 0 Å². The van der Waals surface area contributed by atoms with Gasteiger partial charge in [-0.3, -0.25) is 14.9 Å². The summed E-state index contributed by atoms with van der Waals surface area (Å²) in [7, 11) is 1.57. The summed E-state index contributed by atoms with van der Waals surface area (Å²) in [5.41, 5.74) is 2.31. The largest absolute Gasteiger partial charge is 0.497 e. The summed E-state index contributed by atoms with van der Waals surface area (Å²) in [4.78, 5) is 28.8. The van der Waals surface area contributed by atoms with E-state index in [1.807, 2.05) is 24.3 Å². The van der Waals surface area contributed by atoms with Gasteiger partial charge in [0.2, 0.25) is 0 Å². The average molecular weight is 465 g/mol. The van der Waals surface area contributed by atoms with Crippen LogP contribution in [0.5, 0.6) is 5.75 Å². The van der Waals surface area contributed by atoms with Crippen LogP contribution in [0.4, 0.5) is 11.4 Å². The summed E-state index contributed by atoms with van der Waals surface area (Å²) in [6.45, 7) is 2.72. The number of nitrogens with zero attached hydrogens (tertiary/aromatic N) is 2. The Morgan fingerprint density at radius 3 is 2.27 bits per heavy atom. The molecule has 0 saturated carbocycles. The Kier molecular flexibility index (Phi) is 6.89. The fraction of sp³-hybridized carbons (Fsp3) is 0.208.